The first kappa shape index (κ1) is 18.3. The molecule has 0 unspecified atom stereocenters. The van der Waals surface area contributed by atoms with Crippen LogP contribution in [-0.2, 0) is 11.3 Å². The third kappa shape index (κ3) is 5.89. The summed E-state index contributed by atoms with van der Waals surface area (Å²) in [5.74, 6) is 1.79. The lowest BCUT2D eigenvalue weighted by Gasteiger charge is -2.24. The van der Waals surface area contributed by atoms with E-state index in [9.17, 15) is 4.79 Å². The summed E-state index contributed by atoms with van der Waals surface area (Å²) in [6, 6.07) is 11.7. The summed E-state index contributed by atoms with van der Waals surface area (Å²) in [7, 11) is 1.65. The number of pyridine rings is 1. The monoisotopic (exact) mass is 344 g/mol. The van der Waals surface area contributed by atoms with Crippen molar-refractivity contribution < 1.29 is 9.53 Å². The predicted octanol–water partition coefficient (Wildman–Crippen LogP) is 3.87. The van der Waals surface area contributed by atoms with Gasteiger partial charge in [0, 0.05) is 30.4 Å². The van der Waals surface area contributed by atoms with Crippen LogP contribution in [0.1, 0.15) is 19.4 Å². The molecule has 1 aromatic heterocycles. The van der Waals surface area contributed by atoms with Crippen molar-refractivity contribution in [1.29, 1.82) is 0 Å². The maximum Gasteiger partial charge on any atom is 0.233 e. The van der Waals surface area contributed by atoms with Crippen molar-refractivity contribution in [2.45, 2.75) is 25.3 Å². The number of hydrogen-bond donors (Lipinski definition) is 0. The van der Waals surface area contributed by atoms with Crippen LogP contribution in [0.15, 0.2) is 53.7 Å². The van der Waals surface area contributed by atoms with E-state index in [4.69, 9.17) is 4.74 Å². The minimum Gasteiger partial charge on any atom is -0.497 e. The van der Waals surface area contributed by atoms with E-state index in [2.05, 4.69) is 18.8 Å². The highest BCUT2D eigenvalue weighted by Gasteiger charge is 2.16. The predicted molar refractivity (Wildman–Crippen MR) is 98.2 cm³/mol. The summed E-state index contributed by atoms with van der Waals surface area (Å²) in [5, 5.41) is 0. The molecule has 1 amide bonds. The van der Waals surface area contributed by atoms with E-state index in [1.54, 1.807) is 13.3 Å². The van der Waals surface area contributed by atoms with Gasteiger partial charge < -0.3 is 9.64 Å². The number of ether oxygens (including phenoxy) is 1. The summed E-state index contributed by atoms with van der Waals surface area (Å²) in [4.78, 5) is 19.7. The number of rotatable bonds is 8. The maximum absolute atomic E-state index is 12.7. The Bertz CT molecular complexity index is 647. The van der Waals surface area contributed by atoms with Gasteiger partial charge in [0.15, 0.2) is 0 Å². The normalized spacial score (nSPS) is 10.7. The Labute approximate surface area is 148 Å². The molecule has 1 heterocycles. The second kappa shape index (κ2) is 9.33. The van der Waals surface area contributed by atoms with Crippen LogP contribution in [0.25, 0.3) is 0 Å². The number of carbonyl (C=O) groups is 1. The molecule has 0 aliphatic carbocycles. The van der Waals surface area contributed by atoms with Crippen LogP contribution >= 0.6 is 11.8 Å². The van der Waals surface area contributed by atoms with E-state index in [1.165, 1.54) is 11.8 Å². The number of nitrogens with zero attached hydrogens (tertiary/aromatic N) is 2. The van der Waals surface area contributed by atoms with Crippen molar-refractivity contribution in [2.24, 2.45) is 5.92 Å². The lowest BCUT2D eigenvalue weighted by Crippen LogP contribution is -2.35. The number of benzene rings is 1. The molecule has 0 radical (unpaired) electrons. The Morgan fingerprint density at radius 3 is 2.79 bits per heavy atom. The topological polar surface area (TPSA) is 42.4 Å². The van der Waals surface area contributed by atoms with Gasteiger partial charge in [-0.05, 0) is 35.7 Å². The Kier molecular flexibility index (Phi) is 7.12. The van der Waals surface area contributed by atoms with Gasteiger partial charge >= 0.3 is 0 Å². The van der Waals surface area contributed by atoms with Crippen LogP contribution in [-0.4, -0.2) is 35.2 Å². The van der Waals surface area contributed by atoms with E-state index in [-0.39, 0.29) is 5.91 Å². The lowest BCUT2D eigenvalue weighted by atomic mass is 10.2. The molecule has 0 spiro atoms. The Hall–Kier alpha value is -2.01. The van der Waals surface area contributed by atoms with Gasteiger partial charge in [0.05, 0.1) is 12.9 Å². The molecule has 0 fully saturated rings. The number of thioether (sulfide) groups is 1. The molecule has 0 atom stereocenters. The molecular formula is C19H24N2O2S. The summed E-state index contributed by atoms with van der Waals surface area (Å²) in [6.07, 6.45) is 3.56. The van der Waals surface area contributed by atoms with Crippen molar-refractivity contribution in [1.82, 2.24) is 9.88 Å². The third-order valence-corrected chi connectivity index (χ3v) is 4.42. The van der Waals surface area contributed by atoms with E-state index < -0.39 is 0 Å². The molecule has 0 bridgehead atoms. The van der Waals surface area contributed by atoms with Crippen molar-refractivity contribution in [3.63, 3.8) is 0 Å². The minimum atomic E-state index is 0.139. The zero-order valence-corrected chi connectivity index (χ0v) is 15.3. The highest BCUT2D eigenvalue weighted by atomic mass is 32.2. The summed E-state index contributed by atoms with van der Waals surface area (Å²) >= 11 is 1.54. The highest BCUT2D eigenvalue weighted by Crippen LogP contribution is 2.23. The van der Waals surface area contributed by atoms with E-state index in [0.717, 1.165) is 22.8 Å². The quantitative estimate of drug-likeness (QED) is 0.682. The summed E-state index contributed by atoms with van der Waals surface area (Å²) < 4.78 is 5.23. The number of amides is 1. The van der Waals surface area contributed by atoms with Gasteiger partial charge in [-0.2, -0.15) is 0 Å². The zero-order valence-electron chi connectivity index (χ0n) is 14.4. The summed E-state index contributed by atoms with van der Waals surface area (Å²) in [5.41, 5.74) is 1.05. The first-order valence-electron chi connectivity index (χ1n) is 8.02. The fourth-order valence-corrected chi connectivity index (χ4v) is 3.18. The Morgan fingerprint density at radius 2 is 2.12 bits per heavy atom. The molecular weight excluding hydrogens is 320 g/mol. The van der Waals surface area contributed by atoms with Gasteiger partial charge in [0.1, 0.15) is 5.75 Å². The standard InChI is InChI=1S/C19H24N2O2S/c1-15(2)12-21(13-16-6-5-9-20-11-16)19(22)14-24-18-8-4-7-17(10-18)23-3/h4-11,15H,12-14H2,1-3H3. The van der Waals surface area contributed by atoms with Crippen molar-refractivity contribution >= 4 is 17.7 Å². The van der Waals surface area contributed by atoms with Crippen LogP contribution in [0.5, 0.6) is 5.75 Å². The van der Waals surface area contributed by atoms with Crippen molar-refractivity contribution in [3.05, 3.63) is 54.4 Å². The van der Waals surface area contributed by atoms with Gasteiger partial charge in [-0.3, -0.25) is 9.78 Å². The molecule has 0 aliphatic rings. The van der Waals surface area contributed by atoms with Gasteiger partial charge in [0.2, 0.25) is 5.91 Å². The van der Waals surface area contributed by atoms with Gasteiger partial charge in [0.25, 0.3) is 0 Å². The van der Waals surface area contributed by atoms with Crippen LogP contribution < -0.4 is 4.74 Å². The van der Waals surface area contributed by atoms with Gasteiger partial charge in [-0.1, -0.05) is 26.0 Å². The second-order valence-corrected chi connectivity index (χ2v) is 7.05. The molecule has 1 aromatic carbocycles. The van der Waals surface area contributed by atoms with Crippen molar-refractivity contribution in [3.8, 4) is 5.75 Å². The summed E-state index contributed by atoms with van der Waals surface area (Å²) in [6.45, 7) is 5.59. The van der Waals surface area contributed by atoms with Crippen LogP contribution in [0, 0.1) is 5.92 Å². The first-order valence-corrected chi connectivity index (χ1v) is 9.00. The molecule has 0 saturated carbocycles. The highest BCUT2D eigenvalue weighted by molar-refractivity contribution is 8.00. The number of carbonyl (C=O) groups excluding carboxylic acids is 1. The fraction of sp³-hybridized carbons (Fsp3) is 0.368. The fourth-order valence-electron chi connectivity index (χ4n) is 2.33. The number of methoxy groups -OCH3 is 1. The lowest BCUT2D eigenvalue weighted by molar-refractivity contribution is -0.129. The first-order chi connectivity index (χ1) is 11.6. The van der Waals surface area contributed by atoms with E-state index >= 15 is 0 Å². The maximum atomic E-state index is 12.7. The molecule has 5 heteroatoms. The average Bonchev–Trinajstić information content (AvgIpc) is 2.60. The molecule has 0 aliphatic heterocycles. The molecule has 2 rings (SSSR count). The molecule has 0 N–H and O–H groups in total. The van der Waals surface area contributed by atoms with Gasteiger partial charge in [-0.25, -0.2) is 0 Å². The molecule has 128 valence electrons. The number of hydrogen-bond acceptors (Lipinski definition) is 4. The SMILES string of the molecule is COc1cccc(SCC(=O)N(Cc2cccnc2)CC(C)C)c1. The van der Waals surface area contributed by atoms with Crippen molar-refractivity contribution in [2.75, 3.05) is 19.4 Å². The van der Waals surface area contributed by atoms with Gasteiger partial charge in [-0.15, -0.1) is 11.8 Å². The molecule has 2 aromatic rings. The largest absolute Gasteiger partial charge is 0.497 e. The minimum absolute atomic E-state index is 0.139. The Morgan fingerprint density at radius 1 is 1.29 bits per heavy atom. The van der Waals surface area contributed by atoms with Crippen LogP contribution in [0.4, 0.5) is 0 Å². The van der Waals surface area contributed by atoms with Crippen LogP contribution in [0.3, 0.4) is 0 Å². The smallest absolute Gasteiger partial charge is 0.233 e. The zero-order chi connectivity index (χ0) is 17.4. The average molecular weight is 344 g/mol. The van der Waals surface area contributed by atoms with E-state index in [0.29, 0.717) is 18.2 Å². The van der Waals surface area contributed by atoms with Crippen LogP contribution in [0.2, 0.25) is 0 Å². The number of aromatic nitrogens is 1. The third-order valence-electron chi connectivity index (χ3n) is 3.44. The Balaban J connectivity index is 1.98. The van der Waals surface area contributed by atoms with E-state index in [1.807, 2.05) is 47.5 Å². The molecule has 24 heavy (non-hydrogen) atoms. The second-order valence-electron chi connectivity index (χ2n) is 6.00. The molecule has 4 nitrogen and oxygen atoms in total. The molecule has 0 saturated heterocycles.